The van der Waals surface area contributed by atoms with Gasteiger partial charge in [-0.25, -0.2) is 4.57 Å². The zero-order valence-electron chi connectivity index (χ0n) is 24.7. The van der Waals surface area contributed by atoms with Gasteiger partial charge >= 0.3 is 0 Å². The number of likely N-dealkylation sites (N-methyl/N-ethyl adjacent to an activating group) is 1. The Balaban J connectivity index is 1.06. The van der Waals surface area contributed by atoms with E-state index in [1.54, 1.807) is 0 Å². The van der Waals surface area contributed by atoms with Crippen molar-refractivity contribution >= 4 is 5.69 Å². The Hall–Kier alpha value is -1.43. The normalized spacial score (nSPS) is 33.9. The van der Waals surface area contributed by atoms with Crippen LogP contribution >= 0.6 is 0 Å². The van der Waals surface area contributed by atoms with Gasteiger partial charge in [-0.15, -0.1) is 0 Å². The molecule has 0 radical (unpaired) electrons. The van der Waals surface area contributed by atoms with Gasteiger partial charge in [-0.3, -0.25) is 4.90 Å². The smallest absolute Gasteiger partial charge is 0.170 e. The number of aromatic nitrogens is 1. The van der Waals surface area contributed by atoms with Gasteiger partial charge in [-0.05, 0) is 116 Å². The summed E-state index contributed by atoms with van der Waals surface area (Å²) in [5, 5.41) is 7.89. The molecule has 2 saturated carbocycles. The Morgan fingerprint density at radius 1 is 0.789 bits per heavy atom. The molecule has 1 aromatic rings. The van der Waals surface area contributed by atoms with Crippen LogP contribution < -0.4 is 15.2 Å². The third-order valence-corrected chi connectivity index (χ3v) is 10.5. The van der Waals surface area contributed by atoms with Crippen molar-refractivity contribution in [2.24, 2.45) is 11.8 Å². The molecule has 4 atom stereocenters. The highest BCUT2D eigenvalue weighted by molar-refractivity contribution is 5.41. The van der Waals surface area contributed by atoms with Crippen LogP contribution in [-0.4, -0.2) is 66.2 Å². The van der Waals surface area contributed by atoms with Crippen LogP contribution in [0.3, 0.4) is 0 Å². The standard InChI is InChI=1S/C33H55N5/c1-4-36-21-17-29(18-22-36)34-28-11-7-26(8-12-28)9-14-32-15-10-27-25-31(13-16-33(27)38(32)6-3)35-30-19-23-37(5-2)24-20-30/h9,14,17-18,21-22,26-28,30-33,35H,4-8,10-13,15-16,19-20,23-25H2,1-3H3/p+1/b14-9+. The van der Waals surface area contributed by atoms with Crippen LogP contribution in [0.5, 0.6) is 0 Å². The lowest BCUT2D eigenvalue weighted by atomic mass is 9.74. The van der Waals surface area contributed by atoms with Crippen LogP contribution in [0.25, 0.3) is 0 Å². The molecule has 0 amide bonds. The maximum absolute atomic E-state index is 4.11. The molecule has 2 aliphatic heterocycles. The number of hydrogen-bond donors (Lipinski definition) is 2. The summed E-state index contributed by atoms with van der Waals surface area (Å²) in [6, 6.07) is 8.06. The summed E-state index contributed by atoms with van der Waals surface area (Å²) in [7, 11) is 0. The molecule has 2 saturated heterocycles. The van der Waals surface area contributed by atoms with Crippen LogP contribution in [0.1, 0.15) is 91.4 Å². The Bertz CT molecular complexity index is 853. The number of fused-ring (bicyclic) bond motifs is 1. The van der Waals surface area contributed by atoms with Crippen LogP contribution in [-0.2, 0) is 6.54 Å². The van der Waals surface area contributed by atoms with Crippen LogP contribution in [0.4, 0.5) is 5.69 Å². The number of rotatable bonds is 9. The second kappa shape index (κ2) is 13.8. The molecule has 0 aromatic carbocycles. The van der Waals surface area contributed by atoms with Crippen molar-refractivity contribution in [1.82, 2.24) is 15.1 Å². The van der Waals surface area contributed by atoms with E-state index in [1.807, 2.05) is 0 Å². The number of pyridine rings is 1. The number of nitrogens with zero attached hydrogens (tertiary/aromatic N) is 3. The van der Waals surface area contributed by atoms with Crippen LogP contribution in [0.2, 0.25) is 0 Å². The van der Waals surface area contributed by atoms with Crippen molar-refractivity contribution in [1.29, 1.82) is 0 Å². The summed E-state index contributed by atoms with van der Waals surface area (Å²) in [6.45, 7) is 12.9. The molecule has 4 fully saturated rings. The summed E-state index contributed by atoms with van der Waals surface area (Å²) in [4.78, 5) is 5.49. The van der Waals surface area contributed by atoms with Gasteiger partial charge in [0.05, 0.1) is 0 Å². The van der Waals surface area contributed by atoms with Gasteiger partial charge < -0.3 is 15.5 Å². The molecule has 0 spiro atoms. The van der Waals surface area contributed by atoms with Crippen molar-refractivity contribution in [3.63, 3.8) is 0 Å². The highest BCUT2D eigenvalue weighted by Crippen LogP contribution is 2.39. The molecule has 0 bridgehead atoms. The molecule has 5 nitrogen and oxygen atoms in total. The van der Waals surface area contributed by atoms with Gasteiger partial charge in [0.15, 0.2) is 12.4 Å². The zero-order chi connectivity index (χ0) is 26.3. The zero-order valence-corrected chi connectivity index (χ0v) is 24.7. The first-order valence-electron chi connectivity index (χ1n) is 16.3. The van der Waals surface area contributed by atoms with Crippen molar-refractivity contribution in [3.8, 4) is 0 Å². The first-order valence-corrected chi connectivity index (χ1v) is 16.3. The molecule has 5 rings (SSSR count). The monoisotopic (exact) mass is 522 g/mol. The quantitative estimate of drug-likeness (QED) is 0.326. The van der Waals surface area contributed by atoms with Crippen LogP contribution in [0.15, 0.2) is 36.7 Å². The first-order chi connectivity index (χ1) is 18.6. The van der Waals surface area contributed by atoms with Crippen molar-refractivity contribution in [3.05, 3.63) is 36.7 Å². The SMILES string of the molecule is CCN1CCC(NC2CCC3C(CCC(/C=C/C4CCC(Nc5cc[n+](CC)cc5)CC4)N3CC)C2)CC1. The fourth-order valence-electron chi connectivity index (χ4n) is 8.11. The average molecular weight is 523 g/mol. The lowest BCUT2D eigenvalue weighted by Crippen LogP contribution is -2.55. The summed E-state index contributed by atoms with van der Waals surface area (Å²) < 4.78 is 2.22. The third-order valence-electron chi connectivity index (χ3n) is 10.5. The second-order valence-corrected chi connectivity index (χ2v) is 12.7. The summed E-state index contributed by atoms with van der Waals surface area (Å²) in [5.41, 5.74) is 1.27. The minimum absolute atomic E-state index is 0.627. The summed E-state index contributed by atoms with van der Waals surface area (Å²) in [5.74, 6) is 1.66. The Morgan fingerprint density at radius 2 is 1.53 bits per heavy atom. The van der Waals surface area contributed by atoms with Crippen molar-refractivity contribution < 1.29 is 4.57 Å². The lowest BCUT2D eigenvalue weighted by molar-refractivity contribution is -0.693. The van der Waals surface area contributed by atoms with Gasteiger partial charge in [0.2, 0.25) is 0 Å². The highest BCUT2D eigenvalue weighted by Gasteiger charge is 2.40. The van der Waals surface area contributed by atoms with Gasteiger partial charge in [-0.2, -0.15) is 0 Å². The van der Waals surface area contributed by atoms with Crippen molar-refractivity contribution in [2.75, 3.05) is 31.5 Å². The molecule has 3 heterocycles. The first kappa shape index (κ1) is 28.1. The number of aryl methyl sites for hydroxylation is 1. The van der Waals surface area contributed by atoms with E-state index < -0.39 is 0 Å². The van der Waals surface area contributed by atoms with Crippen molar-refractivity contribution in [2.45, 2.75) is 128 Å². The van der Waals surface area contributed by atoms with E-state index in [9.17, 15) is 0 Å². The lowest BCUT2D eigenvalue weighted by Gasteiger charge is -2.50. The minimum Gasteiger partial charge on any atom is -0.382 e. The molecule has 4 unspecified atom stereocenters. The molecule has 38 heavy (non-hydrogen) atoms. The molecular formula is C33H56N5+. The number of allylic oxidation sites excluding steroid dienone is 1. The van der Waals surface area contributed by atoms with Gasteiger partial charge in [0.25, 0.3) is 0 Å². The molecular weight excluding hydrogens is 466 g/mol. The van der Waals surface area contributed by atoms with Gasteiger partial charge in [0, 0.05) is 48.0 Å². The van der Waals surface area contributed by atoms with Crippen LogP contribution in [0, 0.1) is 11.8 Å². The van der Waals surface area contributed by atoms with Gasteiger partial charge in [0.1, 0.15) is 6.54 Å². The van der Waals surface area contributed by atoms with E-state index in [2.05, 4.69) is 82.5 Å². The van der Waals surface area contributed by atoms with E-state index in [-0.39, 0.29) is 0 Å². The minimum atomic E-state index is 0.627. The van der Waals surface area contributed by atoms with E-state index >= 15 is 0 Å². The molecule has 1 aromatic heterocycles. The van der Waals surface area contributed by atoms with E-state index in [1.165, 1.54) is 102 Å². The number of piperidine rings is 2. The average Bonchev–Trinajstić information content (AvgIpc) is 2.97. The molecule has 2 aliphatic carbocycles. The molecule has 5 heteroatoms. The highest BCUT2D eigenvalue weighted by atomic mass is 15.2. The summed E-state index contributed by atoms with van der Waals surface area (Å²) >= 11 is 0. The number of anilines is 1. The fraction of sp³-hybridized carbons (Fsp3) is 0.788. The number of hydrogen-bond acceptors (Lipinski definition) is 4. The maximum atomic E-state index is 4.11. The third kappa shape index (κ3) is 7.20. The molecule has 212 valence electrons. The van der Waals surface area contributed by atoms with E-state index in [0.717, 1.165) is 36.5 Å². The predicted molar refractivity (Wildman–Crippen MR) is 159 cm³/mol. The van der Waals surface area contributed by atoms with Gasteiger partial charge in [-0.1, -0.05) is 26.0 Å². The predicted octanol–water partition coefficient (Wildman–Crippen LogP) is 5.62. The molecule has 4 aliphatic rings. The fourth-order valence-corrected chi connectivity index (χ4v) is 8.11. The largest absolute Gasteiger partial charge is 0.382 e. The molecule has 2 N–H and O–H groups in total. The number of nitrogens with one attached hydrogen (secondary N) is 2. The Kier molecular flexibility index (Phi) is 10.2. The Labute approximate surface area is 233 Å². The topological polar surface area (TPSA) is 34.4 Å². The summed E-state index contributed by atoms with van der Waals surface area (Å²) in [6.07, 6.45) is 24.5. The van der Waals surface area contributed by atoms with E-state index in [0.29, 0.717) is 12.1 Å². The maximum Gasteiger partial charge on any atom is 0.170 e. The second-order valence-electron chi connectivity index (χ2n) is 12.7. The number of likely N-dealkylation sites (tertiary alicyclic amines) is 2. The Morgan fingerprint density at radius 3 is 2.21 bits per heavy atom. The van der Waals surface area contributed by atoms with E-state index in [4.69, 9.17) is 0 Å².